The molecule has 0 aliphatic heterocycles. The highest BCUT2D eigenvalue weighted by Gasteiger charge is 2.03. The molecule has 0 radical (unpaired) electrons. The Hall–Kier alpha value is -2.30. The predicted octanol–water partition coefficient (Wildman–Crippen LogP) is 1.71. The number of pyridine rings is 1. The summed E-state index contributed by atoms with van der Waals surface area (Å²) in [6.45, 7) is 1.09. The van der Waals surface area contributed by atoms with Gasteiger partial charge in [0.25, 0.3) is 5.56 Å². The number of nitrogens with two attached hydrogens (primary N) is 1. The van der Waals surface area contributed by atoms with E-state index in [4.69, 9.17) is 5.73 Å². The second kappa shape index (κ2) is 5.56. The fraction of sp³-hybridized carbons (Fsp3) is 0.214. The van der Waals surface area contributed by atoms with Gasteiger partial charge >= 0.3 is 0 Å². The second-order valence-electron chi connectivity index (χ2n) is 4.40. The van der Waals surface area contributed by atoms with E-state index in [-0.39, 0.29) is 11.4 Å². The van der Waals surface area contributed by atoms with Gasteiger partial charge in [-0.25, -0.2) is 4.39 Å². The number of halogens is 1. The van der Waals surface area contributed by atoms with Crippen LogP contribution in [0.2, 0.25) is 0 Å². The molecule has 0 unspecified atom stereocenters. The van der Waals surface area contributed by atoms with Crippen LogP contribution in [0.3, 0.4) is 0 Å². The number of nitrogens with zero attached hydrogens (tertiary/aromatic N) is 2. The molecule has 5 heteroatoms. The van der Waals surface area contributed by atoms with Crippen LogP contribution in [0.25, 0.3) is 0 Å². The average molecular weight is 261 g/mol. The molecule has 19 heavy (non-hydrogen) atoms. The Morgan fingerprint density at radius 2 is 2.11 bits per heavy atom. The van der Waals surface area contributed by atoms with Crippen LogP contribution in [0.15, 0.2) is 47.4 Å². The fourth-order valence-corrected chi connectivity index (χ4v) is 1.82. The van der Waals surface area contributed by atoms with E-state index in [1.54, 1.807) is 22.9 Å². The van der Waals surface area contributed by atoms with Gasteiger partial charge in [0.2, 0.25) is 0 Å². The van der Waals surface area contributed by atoms with Gasteiger partial charge in [0.15, 0.2) is 0 Å². The number of benzene rings is 1. The Morgan fingerprint density at radius 3 is 2.84 bits per heavy atom. The first kappa shape index (κ1) is 13.1. The fourth-order valence-electron chi connectivity index (χ4n) is 1.82. The van der Waals surface area contributed by atoms with Crippen molar-refractivity contribution < 1.29 is 4.39 Å². The molecule has 2 N–H and O–H groups in total. The smallest absolute Gasteiger partial charge is 0.250 e. The van der Waals surface area contributed by atoms with Gasteiger partial charge in [-0.2, -0.15) is 0 Å². The minimum Gasteiger partial charge on any atom is -0.398 e. The molecular formula is C14H16FN3O. The quantitative estimate of drug-likeness (QED) is 0.911. The van der Waals surface area contributed by atoms with Gasteiger partial charge in [-0.1, -0.05) is 6.07 Å². The van der Waals surface area contributed by atoms with Crippen LogP contribution in [0.4, 0.5) is 15.8 Å². The van der Waals surface area contributed by atoms with Crippen LogP contribution < -0.4 is 16.2 Å². The van der Waals surface area contributed by atoms with E-state index >= 15 is 0 Å². The molecule has 0 bridgehead atoms. The molecule has 0 saturated heterocycles. The standard InChI is InChI=1S/C14H16FN3O/c1-17(13-4-2-3-11(15)9-13)7-8-18-10-12(16)5-6-14(18)19/h2-6,9-10H,7-8,16H2,1H3. The highest BCUT2D eigenvalue weighted by Crippen LogP contribution is 2.13. The summed E-state index contributed by atoms with van der Waals surface area (Å²) in [4.78, 5) is 13.5. The molecule has 1 heterocycles. The molecule has 0 spiro atoms. The normalized spacial score (nSPS) is 10.4. The van der Waals surface area contributed by atoms with E-state index in [9.17, 15) is 9.18 Å². The molecule has 0 aliphatic rings. The molecule has 100 valence electrons. The van der Waals surface area contributed by atoms with Gasteiger partial charge in [0.05, 0.1) is 0 Å². The maximum atomic E-state index is 13.1. The van der Waals surface area contributed by atoms with Gasteiger partial charge in [0.1, 0.15) is 5.82 Å². The molecule has 2 aromatic rings. The van der Waals surface area contributed by atoms with E-state index in [1.807, 2.05) is 18.0 Å². The van der Waals surface area contributed by atoms with E-state index < -0.39 is 0 Å². The summed E-state index contributed by atoms with van der Waals surface area (Å²) in [5.41, 5.74) is 6.87. The minimum absolute atomic E-state index is 0.0955. The molecule has 0 amide bonds. The van der Waals surface area contributed by atoms with Crippen LogP contribution in [0.5, 0.6) is 0 Å². The summed E-state index contributed by atoms with van der Waals surface area (Å²) < 4.78 is 14.7. The maximum absolute atomic E-state index is 13.1. The topological polar surface area (TPSA) is 51.3 Å². The molecule has 0 fully saturated rings. The Labute approximate surface area is 110 Å². The molecule has 0 atom stereocenters. The first-order valence-electron chi connectivity index (χ1n) is 5.99. The van der Waals surface area contributed by atoms with Crippen LogP contribution in [0, 0.1) is 5.82 Å². The lowest BCUT2D eigenvalue weighted by Crippen LogP contribution is -2.28. The van der Waals surface area contributed by atoms with Crippen molar-refractivity contribution in [3.05, 3.63) is 58.8 Å². The summed E-state index contributed by atoms with van der Waals surface area (Å²) >= 11 is 0. The third kappa shape index (κ3) is 3.34. The van der Waals surface area contributed by atoms with Crippen molar-refractivity contribution in [1.29, 1.82) is 0 Å². The highest BCUT2D eigenvalue weighted by molar-refractivity contribution is 5.45. The summed E-state index contributed by atoms with van der Waals surface area (Å²) in [7, 11) is 1.85. The first-order chi connectivity index (χ1) is 9.06. The van der Waals surface area contributed by atoms with Crippen molar-refractivity contribution >= 4 is 11.4 Å². The summed E-state index contributed by atoms with van der Waals surface area (Å²) in [6, 6.07) is 9.37. The number of hydrogen-bond donors (Lipinski definition) is 1. The molecule has 1 aromatic carbocycles. The third-order valence-corrected chi connectivity index (χ3v) is 2.93. The van der Waals surface area contributed by atoms with Gasteiger partial charge in [-0.3, -0.25) is 4.79 Å². The van der Waals surface area contributed by atoms with Crippen molar-refractivity contribution in [3.8, 4) is 0 Å². The summed E-state index contributed by atoms with van der Waals surface area (Å²) in [6.07, 6.45) is 1.61. The lowest BCUT2D eigenvalue weighted by molar-refractivity contribution is 0.624. The Balaban J connectivity index is 2.06. The zero-order valence-corrected chi connectivity index (χ0v) is 10.7. The number of anilines is 2. The zero-order chi connectivity index (χ0) is 13.8. The van der Waals surface area contributed by atoms with E-state index in [1.165, 1.54) is 18.2 Å². The van der Waals surface area contributed by atoms with E-state index in [2.05, 4.69) is 0 Å². The number of nitrogen functional groups attached to an aromatic ring is 1. The summed E-state index contributed by atoms with van der Waals surface area (Å²) in [5, 5.41) is 0. The van der Waals surface area contributed by atoms with Crippen molar-refractivity contribution in [1.82, 2.24) is 4.57 Å². The average Bonchev–Trinajstić information content (AvgIpc) is 2.39. The van der Waals surface area contributed by atoms with Crippen LogP contribution >= 0.6 is 0 Å². The number of hydrogen-bond acceptors (Lipinski definition) is 3. The number of rotatable bonds is 4. The molecule has 2 rings (SSSR count). The summed E-state index contributed by atoms with van der Waals surface area (Å²) in [5.74, 6) is -0.273. The largest absolute Gasteiger partial charge is 0.398 e. The van der Waals surface area contributed by atoms with E-state index in [0.29, 0.717) is 18.8 Å². The second-order valence-corrected chi connectivity index (χ2v) is 4.40. The van der Waals surface area contributed by atoms with Gasteiger partial charge in [-0.15, -0.1) is 0 Å². The van der Waals surface area contributed by atoms with Gasteiger partial charge < -0.3 is 15.2 Å². The van der Waals surface area contributed by atoms with Crippen LogP contribution in [-0.4, -0.2) is 18.2 Å². The van der Waals surface area contributed by atoms with Crippen molar-refractivity contribution in [2.24, 2.45) is 0 Å². The highest BCUT2D eigenvalue weighted by atomic mass is 19.1. The lowest BCUT2D eigenvalue weighted by atomic mass is 10.3. The SMILES string of the molecule is CN(CCn1cc(N)ccc1=O)c1cccc(F)c1. The Morgan fingerprint density at radius 1 is 1.32 bits per heavy atom. The number of likely N-dealkylation sites (N-methyl/N-ethyl adjacent to an activating group) is 1. The van der Waals surface area contributed by atoms with Crippen LogP contribution in [-0.2, 0) is 6.54 Å². The molecule has 4 nitrogen and oxygen atoms in total. The maximum Gasteiger partial charge on any atom is 0.250 e. The molecular weight excluding hydrogens is 245 g/mol. The van der Waals surface area contributed by atoms with Crippen molar-refractivity contribution in [2.45, 2.75) is 6.54 Å². The molecule has 0 saturated carbocycles. The number of aromatic nitrogens is 1. The third-order valence-electron chi connectivity index (χ3n) is 2.93. The molecule has 1 aromatic heterocycles. The minimum atomic E-state index is -0.273. The van der Waals surface area contributed by atoms with Gasteiger partial charge in [0, 0.05) is 43.8 Å². The van der Waals surface area contributed by atoms with Crippen molar-refractivity contribution in [3.63, 3.8) is 0 Å². The monoisotopic (exact) mass is 261 g/mol. The van der Waals surface area contributed by atoms with Crippen molar-refractivity contribution in [2.75, 3.05) is 24.2 Å². The zero-order valence-electron chi connectivity index (χ0n) is 10.7. The predicted molar refractivity (Wildman–Crippen MR) is 74.8 cm³/mol. The molecule has 0 aliphatic carbocycles. The van der Waals surface area contributed by atoms with E-state index in [0.717, 1.165) is 5.69 Å². The Kier molecular flexibility index (Phi) is 3.85. The lowest BCUT2D eigenvalue weighted by Gasteiger charge is -2.20. The van der Waals surface area contributed by atoms with Crippen LogP contribution in [0.1, 0.15) is 0 Å². The first-order valence-corrected chi connectivity index (χ1v) is 5.99. The van der Waals surface area contributed by atoms with Gasteiger partial charge in [-0.05, 0) is 24.3 Å². The Bertz CT molecular complexity index is 624.